The van der Waals surface area contributed by atoms with Crippen molar-refractivity contribution in [1.82, 2.24) is 9.88 Å². The molecule has 0 spiro atoms. The van der Waals surface area contributed by atoms with Gasteiger partial charge in [0.2, 0.25) is 0 Å². The van der Waals surface area contributed by atoms with E-state index in [1.807, 2.05) is 6.07 Å². The van der Waals surface area contributed by atoms with Gasteiger partial charge in [0.1, 0.15) is 0 Å². The molecular formula is C12H18N2O2. The summed E-state index contributed by atoms with van der Waals surface area (Å²) in [6.07, 6.45) is 2.58. The number of pyridine rings is 1. The van der Waals surface area contributed by atoms with Gasteiger partial charge in [0, 0.05) is 12.7 Å². The Kier molecular flexibility index (Phi) is 4.92. The highest BCUT2D eigenvalue weighted by molar-refractivity contribution is 5.86. The van der Waals surface area contributed by atoms with Crippen LogP contribution < -0.4 is 0 Å². The summed E-state index contributed by atoms with van der Waals surface area (Å²) in [7, 11) is 0. The molecule has 0 aliphatic heterocycles. The van der Waals surface area contributed by atoms with Crippen LogP contribution in [0.3, 0.4) is 0 Å². The summed E-state index contributed by atoms with van der Waals surface area (Å²) < 4.78 is 0. The zero-order valence-corrected chi connectivity index (χ0v) is 9.81. The van der Waals surface area contributed by atoms with Crippen LogP contribution in [-0.4, -0.2) is 34.0 Å². The van der Waals surface area contributed by atoms with Crippen molar-refractivity contribution >= 4 is 5.97 Å². The van der Waals surface area contributed by atoms with E-state index in [0.717, 1.165) is 25.1 Å². The topological polar surface area (TPSA) is 53.4 Å². The van der Waals surface area contributed by atoms with Crippen LogP contribution in [0.4, 0.5) is 0 Å². The maximum atomic E-state index is 11.0. The zero-order chi connectivity index (χ0) is 12.0. The Morgan fingerprint density at radius 3 is 2.81 bits per heavy atom. The molecule has 1 aromatic rings. The second-order valence-electron chi connectivity index (χ2n) is 3.69. The Morgan fingerprint density at radius 2 is 2.25 bits per heavy atom. The summed E-state index contributed by atoms with van der Waals surface area (Å²) in [6.45, 7) is 6.74. The normalized spacial score (nSPS) is 10.7. The molecule has 16 heavy (non-hydrogen) atoms. The summed E-state index contributed by atoms with van der Waals surface area (Å²) >= 11 is 0. The monoisotopic (exact) mass is 222 g/mol. The number of hydrogen-bond donors (Lipinski definition) is 1. The smallest absolute Gasteiger partial charge is 0.354 e. The van der Waals surface area contributed by atoms with Gasteiger partial charge < -0.3 is 5.11 Å². The van der Waals surface area contributed by atoms with Crippen molar-refractivity contribution < 1.29 is 9.90 Å². The number of hydrogen-bond acceptors (Lipinski definition) is 3. The van der Waals surface area contributed by atoms with Crippen molar-refractivity contribution in [2.24, 2.45) is 0 Å². The molecule has 88 valence electrons. The van der Waals surface area contributed by atoms with E-state index in [9.17, 15) is 4.79 Å². The molecule has 0 saturated carbocycles. The molecule has 0 radical (unpaired) electrons. The number of carboxylic acid groups (broad SMARTS) is 1. The van der Waals surface area contributed by atoms with Crippen LogP contribution in [0.5, 0.6) is 0 Å². The molecule has 0 atom stereocenters. The van der Waals surface area contributed by atoms with Crippen LogP contribution in [0.15, 0.2) is 18.3 Å². The highest BCUT2D eigenvalue weighted by Gasteiger charge is 2.12. The number of carboxylic acids is 1. The number of nitrogens with zero attached hydrogens (tertiary/aromatic N) is 2. The first kappa shape index (κ1) is 12.6. The minimum atomic E-state index is -0.955. The summed E-state index contributed by atoms with van der Waals surface area (Å²) in [4.78, 5) is 17.1. The van der Waals surface area contributed by atoms with E-state index >= 15 is 0 Å². The average molecular weight is 222 g/mol. The van der Waals surface area contributed by atoms with Crippen molar-refractivity contribution in [3.8, 4) is 0 Å². The Morgan fingerprint density at radius 1 is 1.50 bits per heavy atom. The van der Waals surface area contributed by atoms with E-state index in [0.29, 0.717) is 6.54 Å². The molecule has 0 aliphatic rings. The van der Waals surface area contributed by atoms with Gasteiger partial charge in [0.25, 0.3) is 0 Å². The van der Waals surface area contributed by atoms with Gasteiger partial charge in [0.15, 0.2) is 5.69 Å². The molecule has 1 rings (SSSR count). The van der Waals surface area contributed by atoms with E-state index in [4.69, 9.17) is 5.11 Å². The van der Waals surface area contributed by atoms with Crippen molar-refractivity contribution in [3.63, 3.8) is 0 Å². The predicted molar refractivity (Wildman–Crippen MR) is 62.4 cm³/mol. The molecule has 0 fully saturated rings. The lowest BCUT2D eigenvalue weighted by Gasteiger charge is -2.20. The Labute approximate surface area is 95.9 Å². The fourth-order valence-corrected chi connectivity index (χ4v) is 1.66. The standard InChI is InChI=1S/C12H18N2O2/c1-3-8-14(4-2)9-10-6-5-7-13-11(10)12(15)16/h5-7H,3-4,8-9H2,1-2H3,(H,15,16). The average Bonchev–Trinajstić information content (AvgIpc) is 2.29. The van der Waals surface area contributed by atoms with E-state index in [2.05, 4.69) is 23.7 Å². The molecule has 1 heterocycles. The molecule has 4 nitrogen and oxygen atoms in total. The Hall–Kier alpha value is -1.42. The maximum absolute atomic E-state index is 11.0. The van der Waals surface area contributed by atoms with Gasteiger partial charge in [-0.3, -0.25) is 4.90 Å². The lowest BCUT2D eigenvalue weighted by molar-refractivity contribution is 0.0688. The van der Waals surface area contributed by atoms with Crippen LogP contribution in [0.25, 0.3) is 0 Å². The van der Waals surface area contributed by atoms with Crippen molar-refractivity contribution in [3.05, 3.63) is 29.6 Å². The lowest BCUT2D eigenvalue weighted by atomic mass is 10.1. The number of carbonyl (C=O) groups is 1. The van der Waals surface area contributed by atoms with E-state index in [1.165, 1.54) is 6.20 Å². The Bertz CT molecular complexity index is 353. The predicted octanol–water partition coefficient (Wildman–Crippen LogP) is 2.01. The highest BCUT2D eigenvalue weighted by Crippen LogP contribution is 2.09. The largest absolute Gasteiger partial charge is 0.477 e. The van der Waals surface area contributed by atoms with Crippen LogP contribution >= 0.6 is 0 Å². The second kappa shape index (κ2) is 6.23. The van der Waals surface area contributed by atoms with Crippen molar-refractivity contribution in [1.29, 1.82) is 0 Å². The maximum Gasteiger partial charge on any atom is 0.354 e. The molecule has 1 aromatic heterocycles. The fraction of sp³-hybridized carbons (Fsp3) is 0.500. The SMILES string of the molecule is CCCN(CC)Cc1cccnc1C(=O)O. The van der Waals surface area contributed by atoms with E-state index in [-0.39, 0.29) is 5.69 Å². The molecule has 1 N–H and O–H groups in total. The first-order chi connectivity index (χ1) is 7.69. The van der Waals surface area contributed by atoms with Gasteiger partial charge in [-0.2, -0.15) is 0 Å². The second-order valence-corrected chi connectivity index (χ2v) is 3.69. The van der Waals surface area contributed by atoms with Gasteiger partial charge in [-0.05, 0) is 31.1 Å². The molecule has 0 aromatic carbocycles. The number of aromatic carboxylic acids is 1. The number of rotatable bonds is 6. The highest BCUT2D eigenvalue weighted by atomic mass is 16.4. The molecular weight excluding hydrogens is 204 g/mol. The third kappa shape index (κ3) is 3.31. The minimum absolute atomic E-state index is 0.164. The van der Waals surface area contributed by atoms with Crippen LogP contribution in [0.2, 0.25) is 0 Å². The van der Waals surface area contributed by atoms with Crippen LogP contribution in [-0.2, 0) is 6.54 Å². The van der Waals surface area contributed by atoms with E-state index < -0.39 is 5.97 Å². The Balaban J connectivity index is 2.82. The summed E-state index contributed by atoms with van der Waals surface area (Å²) in [5.41, 5.74) is 0.947. The zero-order valence-electron chi connectivity index (χ0n) is 9.81. The minimum Gasteiger partial charge on any atom is -0.477 e. The fourth-order valence-electron chi connectivity index (χ4n) is 1.66. The molecule has 4 heteroatoms. The first-order valence-electron chi connectivity index (χ1n) is 5.58. The third-order valence-electron chi connectivity index (χ3n) is 2.47. The first-order valence-corrected chi connectivity index (χ1v) is 5.58. The molecule has 0 unspecified atom stereocenters. The van der Waals surface area contributed by atoms with Gasteiger partial charge in [-0.15, -0.1) is 0 Å². The quantitative estimate of drug-likeness (QED) is 0.800. The molecule has 0 bridgehead atoms. The van der Waals surface area contributed by atoms with Crippen LogP contribution in [0.1, 0.15) is 36.3 Å². The van der Waals surface area contributed by atoms with Crippen molar-refractivity contribution in [2.45, 2.75) is 26.8 Å². The van der Waals surface area contributed by atoms with E-state index in [1.54, 1.807) is 6.07 Å². The van der Waals surface area contributed by atoms with Gasteiger partial charge in [-0.1, -0.05) is 19.9 Å². The van der Waals surface area contributed by atoms with Gasteiger partial charge in [0.05, 0.1) is 0 Å². The van der Waals surface area contributed by atoms with Gasteiger partial charge in [-0.25, -0.2) is 9.78 Å². The van der Waals surface area contributed by atoms with Crippen LogP contribution in [0, 0.1) is 0 Å². The summed E-state index contributed by atoms with van der Waals surface area (Å²) in [5, 5.41) is 9.00. The third-order valence-corrected chi connectivity index (χ3v) is 2.47. The summed E-state index contributed by atoms with van der Waals surface area (Å²) in [6, 6.07) is 3.61. The molecule has 0 saturated heterocycles. The summed E-state index contributed by atoms with van der Waals surface area (Å²) in [5.74, 6) is -0.955. The van der Waals surface area contributed by atoms with Crippen molar-refractivity contribution in [2.75, 3.05) is 13.1 Å². The molecule has 0 aliphatic carbocycles. The molecule has 0 amide bonds. The lowest BCUT2D eigenvalue weighted by Crippen LogP contribution is -2.25. The number of aromatic nitrogens is 1. The van der Waals surface area contributed by atoms with Gasteiger partial charge >= 0.3 is 5.97 Å².